The first kappa shape index (κ1) is 23.8. The Balaban J connectivity index is 1.52. The number of aryl methyl sites for hydroxylation is 2. The molecule has 0 saturated carbocycles. The number of ether oxygens (including phenoxy) is 1. The first-order chi connectivity index (χ1) is 15.7. The van der Waals surface area contributed by atoms with Crippen LogP contribution in [0.1, 0.15) is 80.3 Å². The molecule has 0 amide bonds. The number of esters is 1. The van der Waals surface area contributed by atoms with Crippen molar-refractivity contribution >= 4 is 5.97 Å². The maximum absolute atomic E-state index is 12.5. The number of benzene rings is 3. The molecule has 0 spiro atoms. The van der Waals surface area contributed by atoms with E-state index in [0.717, 1.165) is 24.0 Å². The molecule has 0 unspecified atom stereocenters. The van der Waals surface area contributed by atoms with Gasteiger partial charge in [-0.15, -0.1) is 0 Å². The fourth-order valence-corrected chi connectivity index (χ4v) is 3.87. The number of carbonyl (C=O) groups is 1. The minimum Gasteiger partial charge on any atom is -0.423 e. The lowest BCUT2D eigenvalue weighted by Crippen LogP contribution is -2.08. The van der Waals surface area contributed by atoms with Crippen molar-refractivity contribution in [3.63, 3.8) is 0 Å². The number of hydrogen-bond donors (Lipinski definition) is 0. The summed E-state index contributed by atoms with van der Waals surface area (Å²) in [6.07, 6.45) is 11.0. The van der Waals surface area contributed by atoms with E-state index in [4.69, 9.17) is 4.74 Å². The molecule has 3 aromatic rings. The second kappa shape index (κ2) is 12.9. The summed E-state index contributed by atoms with van der Waals surface area (Å²) in [6.45, 7) is 4.45. The summed E-state index contributed by atoms with van der Waals surface area (Å²) in [6, 6.07) is 24.3. The van der Waals surface area contributed by atoms with E-state index in [1.54, 1.807) is 0 Å². The third-order valence-electron chi connectivity index (χ3n) is 5.93. The van der Waals surface area contributed by atoms with Crippen molar-refractivity contribution in [1.82, 2.24) is 0 Å². The van der Waals surface area contributed by atoms with E-state index in [1.807, 2.05) is 36.4 Å². The van der Waals surface area contributed by atoms with E-state index in [0.29, 0.717) is 11.3 Å². The molecule has 168 valence electrons. The highest BCUT2D eigenvalue weighted by molar-refractivity contribution is 5.91. The van der Waals surface area contributed by atoms with Crippen LogP contribution in [0.2, 0.25) is 0 Å². The molecule has 0 N–H and O–H groups in total. The summed E-state index contributed by atoms with van der Waals surface area (Å²) in [4.78, 5) is 12.5. The zero-order valence-electron chi connectivity index (χ0n) is 19.6. The molecule has 3 aromatic carbocycles. The Morgan fingerprint density at radius 2 is 1.09 bits per heavy atom. The molecule has 0 saturated heterocycles. The van der Waals surface area contributed by atoms with Crippen molar-refractivity contribution in [3.05, 3.63) is 89.5 Å². The van der Waals surface area contributed by atoms with Crippen LogP contribution in [0.25, 0.3) is 11.1 Å². The molecule has 0 aromatic heterocycles. The first-order valence-electron chi connectivity index (χ1n) is 12.2. The topological polar surface area (TPSA) is 26.3 Å². The van der Waals surface area contributed by atoms with E-state index in [-0.39, 0.29) is 5.97 Å². The highest BCUT2D eigenvalue weighted by Crippen LogP contribution is 2.22. The Labute approximate surface area is 193 Å². The fourth-order valence-electron chi connectivity index (χ4n) is 3.87. The molecule has 0 heterocycles. The van der Waals surface area contributed by atoms with Crippen molar-refractivity contribution in [2.45, 2.75) is 71.6 Å². The second-order valence-corrected chi connectivity index (χ2v) is 8.58. The maximum atomic E-state index is 12.5. The molecule has 0 radical (unpaired) electrons. The zero-order valence-corrected chi connectivity index (χ0v) is 19.6. The summed E-state index contributed by atoms with van der Waals surface area (Å²) in [7, 11) is 0. The second-order valence-electron chi connectivity index (χ2n) is 8.58. The van der Waals surface area contributed by atoms with Gasteiger partial charge in [0.25, 0.3) is 0 Å². The molecule has 0 bridgehead atoms. The largest absolute Gasteiger partial charge is 0.423 e. The van der Waals surface area contributed by atoms with Gasteiger partial charge in [-0.1, -0.05) is 94.5 Å². The van der Waals surface area contributed by atoms with Gasteiger partial charge >= 0.3 is 5.97 Å². The van der Waals surface area contributed by atoms with Crippen LogP contribution in [0.4, 0.5) is 0 Å². The van der Waals surface area contributed by atoms with Crippen molar-refractivity contribution in [2.75, 3.05) is 0 Å². The molecule has 2 heteroatoms. The average molecular weight is 429 g/mol. The number of hydrogen-bond acceptors (Lipinski definition) is 2. The van der Waals surface area contributed by atoms with Gasteiger partial charge in [0.2, 0.25) is 0 Å². The van der Waals surface area contributed by atoms with Crippen LogP contribution in [0, 0.1) is 0 Å². The lowest BCUT2D eigenvalue weighted by Gasteiger charge is -2.08. The Morgan fingerprint density at radius 1 is 0.594 bits per heavy atom. The summed E-state index contributed by atoms with van der Waals surface area (Å²) in [5.41, 5.74) is 5.50. The predicted octanol–water partition coefficient (Wildman–Crippen LogP) is 8.43. The third-order valence-corrected chi connectivity index (χ3v) is 5.93. The van der Waals surface area contributed by atoms with Crippen molar-refractivity contribution in [3.8, 4) is 16.9 Å². The molecule has 0 aliphatic heterocycles. The fraction of sp³-hybridized carbons (Fsp3) is 0.367. The minimum atomic E-state index is -0.321. The van der Waals surface area contributed by atoms with E-state index >= 15 is 0 Å². The van der Waals surface area contributed by atoms with Gasteiger partial charge in [0.1, 0.15) is 5.75 Å². The van der Waals surface area contributed by atoms with Crippen molar-refractivity contribution in [2.24, 2.45) is 0 Å². The molecular weight excluding hydrogens is 392 g/mol. The van der Waals surface area contributed by atoms with Gasteiger partial charge in [-0.25, -0.2) is 4.79 Å². The third kappa shape index (κ3) is 7.37. The monoisotopic (exact) mass is 428 g/mol. The quantitative estimate of drug-likeness (QED) is 0.164. The highest BCUT2D eigenvalue weighted by atomic mass is 16.5. The molecule has 0 atom stereocenters. The molecule has 0 aliphatic carbocycles. The maximum Gasteiger partial charge on any atom is 0.343 e. The highest BCUT2D eigenvalue weighted by Gasteiger charge is 2.09. The van der Waals surface area contributed by atoms with E-state index < -0.39 is 0 Å². The van der Waals surface area contributed by atoms with E-state index in [1.165, 1.54) is 56.1 Å². The lowest BCUT2D eigenvalue weighted by atomic mass is 10.0. The van der Waals surface area contributed by atoms with Gasteiger partial charge in [0.05, 0.1) is 5.56 Å². The SMILES string of the molecule is CCCCCCCc1ccc(OC(=O)c2ccc(-c3ccc(CCCC)cc3)cc2)cc1. The summed E-state index contributed by atoms with van der Waals surface area (Å²) >= 11 is 0. The summed E-state index contributed by atoms with van der Waals surface area (Å²) in [5, 5.41) is 0. The minimum absolute atomic E-state index is 0.321. The molecule has 32 heavy (non-hydrogen) atoms. The van der Waals surface area contributed by atoms with Gasteiger partial charge in [0.15, 0.2) is 0 Å². The predicted molar refractivity (Wildman–Crippen MR) is 134 cm³/mol. The van der Waals surface area contributed by atoms with Crippen molar-refractivity contribution < 1.29 is 9.53 Å². The Morgan fingerprint density at radius 3 is 1.69 bits per heavy atom. The van der Waals surface area contributed by atoms with Crippen LogP contribution in [-0.4, -0.2) is 5.97 Å². The number of carbonyl (C=O) groups excluding carboxylic acids is 1. The Bertz CT molecular complexity index is 938. The van der Waals surface area contributed by atoms with Gasteiger partial charge in [-0.05, 0) is 72.2 Å². The lowest BCUT2D eigenvalue weighted by molar-refractivity contribution is 0.0734. The Hall–Kier alpha value is -2.87. The first-order valence-corrected chi connectivity index (χ1v) is 12.2. The smallest absolute Gasteiger partial charge is 0.343 e. The molecule has 2 nitrogen and oxygen atoms in total. The standard InChI is InChI=1S/C30H36O2/c1-3-5-7-8-9-11-25-14-22-29(23-15-25)32-30(31)28-20-18-27(19-21-28)26-16-12-24(13-17-26)10-6-4-2/h12-23H,3-11H2,1-2H3. The molecule has 3 rings (SSSR count). The number of unbranched alkanes of at least 4 members (excludes halogenated alkanes) is 5. The van der Waals surface area contributed by atoms with Crippen LogP contribution in [0.15, 0.2) is 72.8 Å². The zero-order chi connectivity index (χ0) is 22.6. The van der Waals surface area contributed by atoms with Gasteiger partial charge in [-0.3, -0.25) is 0 Å². The van der Waals surface area contributed by atoms with Gasteiger partial charge in [0, 0.05) is 0 Å². The number of rotatable bonds is 12. The van der Waals surface area contributed by atoms with Crippen molar-refractivity contribution in [1.29, 1.82) is 0 Å². The van der Waals surface area contributed by atoms with Crippen LogP contribution in [0.3, 0.4) is 0 Å². The summed E-state index contributed by atoms with van der Waals surface area (Å²) < 4.78 is 5.57. The van der Waals surface area contributed by atoms with E-state index in [2.05, 4.69) is 50.2 Å². The van der Waals surface area contributed by atoms with Crippen LogP contribution < -0.4 is 4.74 Å². The van der Waals surface area contributed by atoms with Crippen LogP contribution in [-0.2, 0) is 12.8 Å². The van der Waals surface area contributed by atoms with Crippen LogP contribution in [0.5, 0.6) is 5.75 Å². The van der Waals surface area contributed by atoms with Gasteiger partial charge in [-0.2, -0.15) is 0 Å². The van der Waals surface area contributed by atoms with Crippen LogP contribution >= 0.6 is 0 Å². The van der Waals surface area contributed by atoms with E-state index in [9.17, 15) is 4.79 Å². The Kier molecular flexibility index (Phi) is 9.56. The summed E-state index contributed by atoms with van der Waals surface area (Å²) in [5.74, 6) is 0.273. The average Bonchev–Trinajstić information content (AvgIpc) is 2.84. The van der Waals surface area contributed by atoms with Gasteiger partial charge < -0.3 is 4.74 Å². The molecular formula is C30H36O2. The normalized spacial score (nSPS) is 10.8. The molecule has 0 fully saturated rings. The molecule has 0 aliphatic rings.